The zero-order valence-corrected chi connectivity index (χ0v) is 15.0. The van der Waals surface area contributed by atoms with Crippen molar-refractivity contribution in [2.24, 2.45) is 0 Å². The molecule has 4 nitrogen and oxygen atoms in total. The maximum absolute atomic E-state index is 12.0. The molecule has 5 heteroatoms. The van der Waals surface area contributed by atoms with Crippen LogP contribution in [0, 0.1) is 0 Å². The van der Waals surface area contributed by atoms with E-state index in [0.717, 1.165) is 5.56 Å². The summed E-state index contributed by atoms with van der Waals surface area (Å²) in [6.07, 6.45) is -0.0355. The highest BCUT2D eigenvalue weighted by molar-refractivity contribution is 6.28. The SMILES string of the molecule is CCC(COC(=O)c1ccccc1)=C(Cl)OC(OC)c1ccccc1. The van der Waals surface area contributed by atoms with E-state index in [9.17, 15) is 4.79 Å². The van der Waals surface area contributed by atoms with Crippen molar-refractivity contribution in [3.63, 3.8) is 0 Å². The molecule has 0 bridgehead atoms. The Morgan fingerprint density at radius 2 is 1.64 bits per heavy atom. The summed E-state index contributed by atoms with van der Waals surface area (Å²) < 4.78 is 16.4. The molecule has 2 aromatic rings. The molecule has 0 N–H and O–H groups in total. The molecule has 2 aromatic carbocycles. The summed E-state index contributed by atoms with van der Waals surface area (Å²) in [5, 5.41) is 0.180. The van der Waals surface area contributed by atoms with Gasteiger partial charge in [-0.3, -0.25) is 0 Å². The van der Waals surface area contributed by atoms with E-state index < -0.39 is 12.3 Å². The summed E-state index contributed by atoms with van der Waals surface area (Å²) in [7, 11) is 1.54. The van der Waals surface area contributed by atoms with Crippen LogP contribution >= 0.6 is 11.6 Å². The first kappa shape index (κ1) is 19.0. The minimum absolute atomic E-state index is 0.0638. The van der Waals surface area contributed by atoms with Crippen LogP contribution in [0.5, 0.6) is 0 Å². The van der Waals surface area contributed by atoms with E-state index in [2.05, 4.69) is 0 Å². The van der Waals surface area contributed by atoms with Crippen molar-refractivity contribution >= 4 is 17.6 Å². The van der Waals surface area contributed by atoms with Crippen molar-refractivity contribution in [2.45, 2.75) is 19.6 Å². The van der Waals surface area contributed by atoms with Crippen molar-refractivity contribution < 1.29 is 19.0 Å². The number of halogens is 1. The van der Waals surface area contributed by atoms with Crippen LogP contribution in [0.25, 0.3) is 0 Å². The van der Waals surface area contributed by atoms with Crippen LogP contribution in [0.4, 0.5) is 0 Å². The Kier molecular flexibility index (Phi) is 7.51. The average Bonchev–Trinajstić information content (AvgIpc) is 2.67. The monoisotopic (exact) mass is 360 g/mol. The number of ether oxygens (including phenoxy) is 3. The highest BCUT2D eigenvalue weighted by atomic mass is 35.5. The Morgan fingerprint density at radius 1 is 1.04 bits per heavy atom. The Balaban J connectivity index is 2.02. The van der Waals surface area contributed by atoms with Gasteiger partial charge in [-0.2, -0.15) is 0 Å². The first-order valence-electron chi connectivity index (χ1n) is 7.99. The van der Waals surface area contributed by atoms with Gasteiger partial charge in [-0.25, -0.2) is 4.79 Å². The van der Waals surface area contributed by atoms with E-state index in [0.29, 0.717) is 17.6 Å². The third kappa shape index (κ3) is 5.62. The number of rotatable bonds is 8. The zero-order chi connectivity index (χ0) is 18.1. The van der Waals surface area contributed by atoms with Crippen LogP contribution in [0.1, 0.15) is 35.6 Å². The van der Waals surface area contributed by atoms with Crippen LogP contribution in [-0.2, 0) is 14.2 Å². The molecule has 0 saturated heterocycles. The van der Waals surface area contributed by atoms with E-state index in [1.54, 1.807) is 31.4 Å². The zero-order valence-electron chi connectivity index (χ0n) is 14.3. The van der Waals surface area contributed by atoms with Crippen molar-refractivity contribution in [3.8, 4) is 0 Å². The van der Waals surface area contributed by atoms with Gasteiger partial charge in [0.25, 0.3) is 0 Å². The molecule has 0 heterocycles. The van der Waals surface area contributed by atoms with Crippen LogP contribution < -0.4 is 0 Å². The largest absolute Gasteiger partial charge is 0.457 e. The van der Waals surface area contributed by atoms with E-state index >= 15 is 0 Å². The van der Waals surface area contributed by atoms with Crippen LogP contribution in [0.3, 0.4) is 0 Å². The fourth-order valence-electron chi connectivity index (χ4n) is 2.15. The molecule has 0 saturated carbocycles. The molecular formula is C20H21ClO4. The van der Waals surface area contributed by atoms with Crippen LogP contribution in [-0.4, -0.2) is 19.7 Å². The molecule has 0 aliphatic rings. The van der Waals surface area contributed by atoms with Gasteiger partial charge in [-0.05, 0) is 30.2 Å². The topological polar surface area (TPSA) is 44.8 Å². The number of hydrogen-bond donors (Lipinski definition) is 0. The number of carbonyl (C=O) groups is 1. The summed E-state index contributed by atoms with van der Waals surface area (Å²) in [6.45, 7) is 1.98. The van der Waals surface area contributed by atoms with Gasteiger partial charge in [0, 0.05) is 18.2 Å². The first-order valence-corrected chi connectivity index (χ1v) is 8.37. The van der Waals surface area contributed by atoms with Gasteiger partial charge in [-0.15, -0.1) is 0 Å². The third-order valence-electron chi connectivity index (χ3n) is 3.59. The van der Waals surface area contributed by atoms with E-state index in [1.807, 2.05) is 43.3 Å². The summed E-state index contributed by atoms with van der Waals surface area (Å²) in [6, 6.07) is 18.3. The molecule has 0 amide bonds. The van der Waals surface area contributed by atoms with Gasteiger partial charge < -0.3 is 14.2 Å². The van der Waals surface area contributed by atoms with Crippen LogP contribution in [0.15, 0.2) is 71.5 Å². The molecule has 25 heavy (non-hydrogen) atoms. The Hall–Kier alpha value is -2.30. The molecular weight excluding hydrogens is 340 g/mol. The number of hydrogen-bond acceptors (Lipinski definition) is 4. The molecule has 1 atom stereocenters. The smallest absolute Gasteiger partial charge is 0.338 e. The van der Waals surface area contributed by atoms with E-state index in [-0.39, 0.29) is 11.8 Å². The Bertz CT molecular complexity index is 698. The van der Waals surface area contributed by atoms with Gasteiger partial charge >= 0.3 is 5.97 Å². The second kappa shape index (κ2) is 9.87. The summed E-state index contributed by atoms with van der Waals surface area (Å²) >= 11 is 6.29. The lowest BCUT2D eigenvalue weighted by Gasteiger charge is -2.19. The molecule has 1 unspecified atom stereocenters. The lowest BCUT2D eigenvalue weighted by Crippen LogP contribution is -2.11. The second-order valence-corrected chi connectivity index (χ2v) is 5.61. The molecule has 0 spiro atoms. The van der Waals surface area contributed by atoms with Crippen molar-refractivity contribution in [3.05, 3.63) is 82.6 Å². The Morgan fingerprint density at radius 3 is 2.20 bits per heavy atom. The minimum Gasteiger partial charge on any atom is -0.457 e. The van der Waals surface area contributed by atoms with Crippen molar-refractivity contribution in [1.29, 1.82) is 0 Å². The van der Waals surface area contributed by atoms with Gasteiger partial charge in [0.15, 0.2) is 5.22 Å². The molecule has 0 fully saturated rings. The summed E-state index contributed by atoms with van der Waals surface area (Å²) in [5.41, 5.74) is 2.03. The molecule has 0 radical (unpaired) electrons. The highest BCUT2D eigenvalue weighted by Crippen LogP contribution is 2.26. The minimum atomic E-state index is -0.625. The van der Waals surface area contributed by atoms with Gasteiger partial charge in [0.05, 0.1) is 5.56 Å². The summed E-state index contributed by atoms with van der Waals surface area (Å²) in [5.74, 6) is -0.401. The van der Waals surface area contributed by atoms with E-state index in [1.165, 1.54) is 0 Å². The predicted octanol–water partition coefficient (Wildman–Crippen LogP) is 5.07. The normalized spacial score (nSPS) is 12.9. The number of methoxy groups -OCH3 is 1. The standard InChI is InChI=1S/C20H21ClO4/c1-3-15(14-24-19(22)16-10-6-4-7-11-16)18(21)25-20(23-2)17-12-8-5-9-13-17/h4-13,20H,3,14H2,1-2H3. The van der Waals surface area contributed by atoms with E-state index in [4.69, 9.17) is 25.8 Å². The maximum Gasteiger partial charge on any atom is 0.338 e. The highest BCUT2D eigenvalue weighted by Gasteiger charge is 2.16. The molecule has 0 aromatic heterocycles. The third-order valence-corrected chi connectivity index (χ3v) is 3.94. The second-order valence-electron chi connectivity index (χ2n) is 5.27. The lowest BCUT2D eigenvalue weighted by molar-refractivity contribution is -0.0916. The van der Waals surface area contributed by atoms with Crippen LogP contribution in [0.2, 0.25) is 0 Å². The Labute approximate surface area is 153 Å². The fourth-order valence-corrected chi connectivity index (χ4v) is 2.42. The quantitative estimate of drug-likeness (QED) is 0.374. The van der Waals surface area contributed by atoms with Gasteiger partial charge in [0.1, 0.15) is 6.61 Å². The van der Waals surface area contributed by atoms with Gasteiger partial charge in [-0.1, -0.05) is 55.5 Å². The lowest BCUT2D eigenvalue weighted by atomic mass is 10.2. The molecule has 0 aliphatic carbocycles. The van der Waals surface area contributed by atoms with Crippen molar-refractivity contribution in [1.82, 2.24) is 0 Å². The summed E-state index contributed by atoms with van der Waals surface area (Å²) in [4.78, 5) is 12.0. The van der Waals surface area contributed by atoms with Gasteiger partial charge in [0.2, 0.25) is 6.29 Å². The molecule has 2 rings (SSSR count). The number of carbonyl (C=O) groups excluding carboxylic acids is 1. The predicted molar refractivity (Wildman–Crippen MR) is 97.2 cm³/mol. The average molecular weight is 361 g/mol. The number of benzene rings is 2. The number of esters is 1. The molecule has 0 aliphatic heterocycles. The first-order chi connectivity index (χ1) is 12.2. The maximum atomic E-state index is 12.0. The van der Waals surface area contributed by atoms with Crippen molar-refractivity contribution in [2.75, 3.05) is 13.7 Å². The fraction of sp³-hybridized carbons (Fsp3) is 0.250. The molecule has 132 valence electrons.